The lowest BCUT2D eigenvalue weighted by molar-refractivity contribution is -0.168. The number of fused-ring (bicyclic) bond motifs is 3. The summed E-state index contributed by atoms with van der Waals surface area (Å²) in [5, 5.41) is 55.3. The van der Waals surface area contributed by atoms with Crippen molar-refractivity contribution in [3.8, 4) is 5.75 Å². The van der Waals surface area contributed by atoms with Crippen molar-refractivity contribution in [3.63, 3.8) is 0 Å². The van der Waals surface area contributed by atoms with Crippen LogP contribution < -0.4 is 5.73 Å². The number of phenols is 1. The quantitative estimate of drug-likeness (QED) is 0.208. The second-order valence-electron chi connectivity index (χ2n) is 8.92. The number of nitrogens with zero attached hydrogens (tertiary/aromatic N) is 1. The molecule has 5 atom stereocenters. The fourth-order valence-electron chi connectivity index (χ4n) is 5.47. The molecule has 0 spiro atoms. The first-order valence-electron chi connectivity index (χ1n) is 10.1. The summed E-state index contributed by atoms with van der Waals surface area (Å²) < 4.78 is 0.421. The highest BCUT2D eigenvalue weighted by Crippen LogP contribution is 2.53. The van der Waals surface area contributed by atoms with Crippen molar-refractivity contribution in [2.75, 3.05) is 14.1 Å². The van der Waals surface area contributed by atoms with Crippen LogP contribution in [0.25, 0.3) is 5.76 Å². The molecule has 1 aromatic carbocycles. The third-order valence-electron chi connectivity index (χ3n) is 6.98. The SMILES string of the molecule is Cc1cc(I)c(O)c2c1CC1C(=C2O)C(=O)[C@]2(O)C(O)=C(C(N)=O)C(=O)[C@@H](N(C)C)C2C1O. The number of nitrogens with two attached hydrogens (primary N) is 1. The summed E-state index contributed by atoms with van der Waals surface area (Å²) in [5.74, 6) is -8.17. The molecule has 3 aliphatic carbocycles. The van der Waals surface area contributed by atoms with E-state index < -0.39 is 69.7 Å². The molecule has 3 aliphatic rings. The molecule has 3 unspecified atom stereocenters. The van der Waals surface area contributed by atoms with Crippen LogP contribution >= 0.6 is 22.6 Å². The molecule has 1 aromatic rings. The van der Waals surface area contributed by atoms with Crippen LogP contribution in [0, 0.1) is 22.3 Å². The Bertz CT molecular complexity index is 1200. The van der Waals surface area contributed by atoms with Crippen molar-refractivity contribution in [2.45, 2.75) is 31.1 Å². The lowest BCUT2D eigenvalue weighted by Gasteiger charge is -2.52. The molecule has 4 rings (SSSR count). The number of aryl methyl sites for hydroxylation is 1. The lowest BCUT2D eigenvalue weighted by Crippen LogP contribution is -2.70. The van der Waals surface area contributed by atoms with Gasteiger partial charge in [-0.1, -0.05) is 0 Å². The van der Waals surface area contributed by atoms with Crippen LogP contribution in [0.2, 0.25) is 0 Å². The summed E-state index contributed by atoms with van der Waals surface area (Å²) in [5.41, 5.74) is 2.27. The lowest BCUT2D eigenvalue weighted by atomic mass is 9.56. The number of carbonyl (C=O) groups excluding carboxylic acids is 3. The molecule has 0 aliphatic heterocycles. The van der Waals surface area contributed by atoms with E-state index in [1.54, 1.807) is 13.0 Å². The summed E-state index contributed by atoms with van der Waals surface area (Å²) >= 11 is 1.87. The number of Topliss-reactive ketones (excluding diaryl/α,β-unsaturated/α-hetero) is 2. The van der Waals surface area contributed by atoms with E-state index in [4.69, 9.17) is 5.73 Å². The van der Waals surface area contributed by atoms with E-state index in [1.165, 1.54) is 19.0 Å². The number of likely N-dealkylation sites (N-methyl/N-ethyl adjacent to an activating group) is 1. The Morgan fingerprint density at radius 3 is 2.39 bits per heavy atom. The number of rotatable bonds is 2. The summed E-state index contributed by atoms with van der Waals surface area (Å²) in [4.78, 5) is 40.0. The fraction of sp³-hybridized carbons (Fsp3) is 0.409. The Morgan fingerprint density at radius 1 is 1.24 bits per heavy atom. The Kier molecular flexibility index (Phi) is 5.39. The third kappa shape index (κ3) is 2.92. The predicted octanol–water partition coefficient (Wildman–Crippen LogP) is -0.152. The highest BCUT2D eigenvalue weighted by Gasteiger charge is 2.67. The zero-order chi connectivity index (χ0) is 24.7. The van der Waals surface area contributed by atoms with Crippen LogP contribution in [0.1, 0.15) is 16.7 Å². The van der Waals surface area contributed by atoms with Crippen LogP contribution in [0.15, 0.2) is 23.0 Å². The second kappa shape index (κ2) is 7.52. The van der Waals surface area contributed by atoms with Crippen LogP contribution in [-0.2, 0) is 20.8 Å². The number of benzene rings is 1. The number of amides is 1. The highest BCUT2D eigenvalue weighted by atomic mass is 127. The van der Waals surface area contributed by atoms with Crippen molar-refractivity contribution in [1.82, 2.24) is 4.90 Å². The third-order valence-corrected chi connectivity index (χ3v) is 7.80. The molecule has 10 nitrogen and oxygen atoms in total. The van der Waals surface area contributed by atoms with Crippen LogP contribution in [0.3, 0.4) is 0 Å². The average Bonchev–Trinajstić information content (AvgIpc) is 2.71. The molecular formula is C22H23IN2O8. The van der Waals surface area contributed by atoms with Crippen molar-refractivity contribution >= 4 is 45.8 Å². The van der Waals surface area contributed by atoms with Crippen molar-refractivity contribution in [3.05, 3.63) is 43.2 Å². The van der Waals surface area contributed by atoms with Crippen LogP contribution in [0.5, 0.6) is 5.75 Å². The Hall–Kier alpha value is -2.48. The number of aliphatic hydroxyl groups excluding tert-OH is 3. The molecule has 0 heterocycles. The van der Waals surface area contributed by atoms with Crippen molar-refractivity contribution in [1.29, 1.82) is 0 Å². The van der Waals surface area contributed by atoms with Gasteiger partial charge in [0.1, 0.15) is 22.8 Å². The molecule has 0 aromatic heterocycles. The second-order valence-corrected chi connectivity index (χ2v) is 10.1. The Balaban J connectivity index is 2.06. The highest BCUT2D eigenvalue weighted by molar-refractivity contribution is 14.1. The number of halogens is 1. The van der Waals surface area contributed by atoms with Crippen molar-refractivity contribution < 1.29 is 39.9 Å². The summed E-state index contributed by atoms with van der Waals surface area (Å²) in [7, 11) is 2.93. The number of aliphatic hydroxyl groups is 4. The van der Waals surface area contributed by atoms with Crippen molar-refractivity contribution in [2.24, 2.45) is 17.6 Å². The van der Waals surface area contributed by atoms with E-state index in [-0.39, 0.29) is 17.7 Å². The molecule has 0 bridgehead atoms. The van der Waals surface area contributed by atoms with Gasteiger partial charge in [-0.2, -0.15) is 0 Å². The van der Waals surface area contributed by atoms with Crippen LogP contribution in [-0.4, -0.2) is 79.7 Å². The first-order chi connectivity index (χ1) is 15.3. The molecular weight excluding hydrogens is 547 g/mol. The van der Waals surface area contributed by atoms with Gasteiger partial charge in [-0.3, -0.25) is 19.3 Å². The number of ketones is 2. The van der Waals surface area contributed by atoms with Gasteiger partial charge in [0, 0.05) is 11.5 Å². The Morgan fingerprint density at radius 2 is 1.85 bits per heavy atom. The smallest absolute Gasteiger partial charge is 0.255 e. The molecule has 33 heavy (non-hydrogen) atoms. The van der Waals surface area contributed by atoms with E-state index in [1.807, 2.05) is 22.6 Å². The average molecular weight is 570 g/mol. The first-order valence-corrected chi connectivity index (χ1v) is 11.2. The minimum atomic E-state index is -2.89. The zero-order valence-electron chi connectivity index (χ0n) is 18.0. The van der Waals surface area contributed by atoms with Gasteiger partial charge < -0.3 is 31.3 Å². The molecule has 11 heteroatoms. The zero-order valence-corrected chi connectivity index (χ0v) is 20.1. The normalized spacial score (nSPS) is 31.5. The summed E-state index contributed by atoms with van der Waals surface area (Å²) in [6.07, 6.45) is -1.54. The van der Waals surface area contributed by atoms with Gasteiger partial charge in [-0.15, -0.1) is 0 Å². The van der Waals surface area contributed by atoms with Gasteiger partial charge in [0.2, 0.25) is 5.78 Å². The number of phenolic OH excluding ortho intramolecular Hbond substituents is 1. The van der Waals surface area contributed by atoms with E-state index in [0.717, 1.165) is 0 Å². The maximum atomic E-state index is 13.7. The molecule has 1 saturated carbocycles. The van der Waals surface area contributed by atoms with Gasteiger partial charge in [-0.25, -0.2) is 0 Å². The fourth-order valence-corrected chi connectivity index (χ4v) is 6.21. The van der Waals surface area contributed by atoms with E-state index in [2.05, 4.69) is 0 Å². The minimum absolute atomic E-state index is 0.00268. The largest absolute Gasteiger partial charge is 0.508 e. The summed E-state index contributed by atoms with van der Waals surface area (Å²) in [6.45, 7) is 1.76. The van der Waals surface area contributed by atoms with E-state index in [9.17, 15) is 39.9 Å². The maximum Gasteiger partial charge on any atom is 0.255 e. The maximum absolute atomic E-state index is 13.7. The summed E-state index contributed by atoms with van der Waals surface area (Å²) in [6, 6.07) is 0.338. The van der Waals surface area contributed by atoms with Gasteiger partial charge in [0.25, 0.3) is 5.91 Å². The van der Waals surface area contributed by atoms with Gasteiger partial charge in [-0.05, 0) is 67.2 Å². The van der Waals surface area contributed by atoms with Crippen LogP contribution in [0.4, 0.5) is 0 Å². The molecule has 7 N–H and O–H groups in total. The number of hydrogen-bond acceptors (Lipinski definition) is 9. The predicted molar refractivity (Wildman–Crippen MR) is 123 cm³/mol. The molecule has 176 valence electrons. The number of carbonyl (C=O) groups is 3. The van der Waals surface area contributed by atoms with Gasteiger partial charge in [0.05, 0.1) is 27.2 Å². The van der Waals surface area contributed by atoms with E-state index in [0.29, 0.717) is 14.7 Å². The monoisotopic (exact) mass is 570 g/mol. The molecule has 0 saturated heterocycles. The standard InChI is InChI=1S/C22H23IN2O8/c1-6-4-9(23)16(27)10-7(6)5-8-11(17(10)28)19(30)22(33)13(15(8)26)14(25(2)3)18(29)12(20(22)31)21(24)32/h4,8,13-15,26-28,31,33H,5H2,1-3H3,(H2,24,32)/t8?,13?,14-,15?,22-/m0/s1. The number of aromatic hydroxyl groups is 1. The van der Waals surface area contributed by atoms with E-state index >= 15 is 0 Å². The Labute approximate surface area is 202 Å². The van der Waals surface area contributed by atoms with Gasteiger partial charge in [0.15, 0.2) is 11.4 Å². The number of hydrogen-bond donors (Lipinski definition) is 6. The van der Waals surface area contributed by atoms with Gasteiger partial charge >= 0.3 is 0 Å². The molecule has 0 radical (unpaired) electrons. The number of primary amides is 1. The first kappa shape index (κ1) is 23.7. The molecule has 1 fully saturated rings. The minimum Gasteiger partial charge on any atom is -0.508 e. The molecule has 1 amide bonds. The topological polar surface area (TPSA) is 182 Å².